The van der Waals surface area contributed by atoms with Gasteiger partial charge in [0, 0.05) is 13.6 Å². The number of hydrogen-bond donors (Lipinski definition) is 2. The number of nitrogens with one attached hydrogen (secondary N) is 2. The molecule has 142 valence electrons. The van der Waals surface area contributed by atoms with Crippen LogP contribution in [0.15, 0.2) is 35.1 Å². The molecule has 0 amide bonds. The van der Waals surface area contributed by atoms with Crippen LogP contribution < -0.4 is 16.2 Å². The maximum absolute atomic E-state index is 12.8. The van der Waals surface area contributed by atoms with Crippen molar-refractivity contribution in [3.05, 3.63) is 46.4 Å². The van der Waals surface area contributed by atoms with Crippen molar-refractivity contribution in [2.75, 3.05) is 31.5 Å². The van der Waals surface area contributed by atoms with Gasteiger partial charge < -0.3 is 15.5 Å². The molecule has 0 aliphatic rings. The topological polar surface area (TPSA) is 54.2 Å². The van der Waals surface area contributed by atoms with E-state index in [2.05, 4.69) is 29.4 Å². The molecule has 0 aliphatic heterocycles. The summed E-state index contributed by atoms with van der Waals surface area (Å²) in [5, 5.41) is 6.75. The lowest BCUT2D eigenvalue weighted by atomic mass is 10.3. The fraction of sp³-hybridized carbons (Fsp3) is 0.474. The van der Waals surface area contributed by atoms with E-state index in [1.807, 2.05) is 49.0 Å². The molecule has 0 saturated carbocycles. The van der Waals surface area contributed by atoms with E-state index in [9.17, 15) is 4.79 Å². The molecule has 2 N–H and O–H groups in total. The molecule has 0 unspecified atom stereocenters. The molecule has 1 heterocycles. The molecule has 2 rings (SSSR count). The summed E-state index contributed by atoms with van der Waals surface area (Å²) >= 11 is 5.37. The van der Waals surface area contributed by atoms with Crippen LogP contribution in [0.2, 0.25) is 0 Å². The predicted molar refractivity (Wildman–Crippen MR) is 112 cm³/mol. The molecule has 0 atom stereocenters. The third-order valence-electron chi connectivity index (χ3n) is 4.62. The Morgan fingerprint density at radius 3 is 2.46 bits per heavy atom. The minimum absolute atomic E-state index is 0.108. The van der Waals surface area contributed by atoms with E-state index in [0.29, 0.717) is 10.8 Å². The van der Waals surface area contributed by atoms with Crippen LogP contribution in [0, 0.1) is 6.92 Å². The highest BCUT2D eigenvalue weighted by Crippen LogP contribution is 2.13. The van der Waals surface area contributed by atoms with Crippen LogP contribution in [0.3, 0.4) is 0 Å². The van der Waals surface area contributed by atoms with Crippen molar-refractivity contribution >= 4 is 23.0 Å². The van der Waals surface area contributed by atoms with Crippen LogP contribution >= 0.6 is 12.2 Å². The van der Waals surface area contributed by atoms with E-state index in [0.717, 1.165) is 44.0 Å². The van der Waals surface area contributed by atoms with Gasteiger partial charge in [-0.15, -0.1) is 0 Å². The molecule has 0 radical (unpaired) electrons. The number of benzene rings is 1. The van der Waals surface area contributed by atoms with Gasteiger partial charge in [0.1, 0.15) is 5.69 Å². The van der Waals surface area contributed by atoms with Crippen LogP contribution in [0.1, 0.15) is 26.0 Å². The zero-order chi connectivity index (χ0) is 19.1. The standard InChI is InChI=1S/C19H29N5OS/c1-5-23(6-2)14-10-13-20-19(26)21-17-15(3)22(4)24(18(17)25)16-11-8-7-9-12-16/h7-9,11-12H,5-6,10,13-14H2,1-4H3,(H2,20,21,26). The van der Waals surface area contributed by atoms with Gasteiger partial charge in [-0.2, -0.15) is 0 Å². The van der Waals surface area contributed by atoms with Crippen molar-refractivity contribution < 1.29 is 0 Å². The van der Waals surface area contributed by atoms with Gasteiger partial charge in [-0.1, -0.05) is 32.0 Å². The second-order valence-corrected chi connectivity index (χ2v) is 6.61. The van der Waals surface area contributed by atoms with Gasteiger partial charge in [-0.3, -0.25) is 9.48 Å². The molecular weight excluding hydrogens is 346 g/mol. The number of hydrogen-bond acceptors (Lipinski definition) is 3. The van der Waals surface area contributed by atoms with E-state index in [4.69, 9.17) is 12.2 Å². The Kier molecular flexibility index (Phi) is 7.41. The first-order valence-corrected chi connectivity index (χ1v) is 9.51. The van der Waals surface area contributed by atoms with Gasteiger partial charge >= 0.3 is 0 Å². The number of para-hydroxylation sites is 1. The molecule has 26 heavy (non-hydrogen) atoms. The number of aromatic nitrogens is 2. The van der Waals surface area contributed by atoms with Crippen LogP contribution in [0.25, 0.3) is 5.69 Å². The zero-order valence-electron chi connectivity index (χ0n) is 16.1. The van der Waals surface area contributed by atoms with Gasteiger partial charge in [0.05, 0.1) is 11.4 Å². The summed E-state index contributed by atoms with van der Waals surface area (Å²) in [7, 11) is 1.87. The fourth-order valence-electron chi connectivity index (χ4n) is 2.91. The molecule has 1 aromatic carbocycles. The maximum Gasteiger partial charge on any atom is 0.295 e. The molecule has 0 fully saturated rings. The third-order valence-corrected chi connectivity index (χ3v) is 4.87. The summed E-state index contributed by atoms with van der Waals surface area (Å²) in [4.78, 5) is 15.2. The smallest absolute Gasteiger partial charge is 0.295 e. The van der Waals surface area contributed by atoms with Crippen LogP contribution in [0.4, 0.5) is 5.69 Å². The van der Waals surface area contributed by atoms with Crippen molar-refractivity contribution in [3.63, 3.8) is 0 Å². The van der Waals surface area contributed by atoms with Crippen LogP contribution in [-0.2, 0) is 7.05 Å². The van der Waals surface area contributed by atoms with E-state index < -0.39 is 0 Å². The summed E-state index contributed by atoms with van der Waals surface area (Å²) < 4.78 is 3.48. The average molecular weight is 376 g/mol. The number of thiocarbonyl (C=S) groups is 1. The molecule has 1 aromatic heterocycles. The first-order valence-electron chi connectivity index (χ1n) is 9.10. The minimum Gasteiger partial charge on any atom is -0.362 e. The lowest BCUT2D eigenvalue weighted by molar-refractivity contribution is 0.300. The third kappa shape index (κ3) is 4.74. The highest BCUT2D eigenvalue weighted by molar-refractivity contribution is 7.80. The minimum atomic E-state index is -0.108. The van der Waals surface area contributed by atoms with Crippen molar-refractivity contribution in [2.24, 2.45) is 7.05 Å². The molecular formula is C19H29N5OS. The Balaban J connectivity index is 2.02. The molecule has 2 aromatic rings. The van der Waals surface area contributed by atoms with Gasteiger partial charge in [0.25, 0.3) is 5.56 Å². The lowest BCUT2D eigenvalue weighted by Crippen LogP contribution is -2.33. The summed E-state index contributed by atoms with van der Waals surface area (Å²) in [5.74, 6) is 0. The van der Waals surface area contributed by atoms with E-state index >= 15 is 0 Å². The highest BCUT2D eigenvalue weighted by atomic mass is 32.1. The summed E-state index contributed by atoms with van der Waals surface area (Å²) in [6.07, 6.45) is 1.01. The Morgan fingerprint density at radius 2 is 1.85 bits per heavy atom. The lowest BCUT2D eigenvalue weighted by Gasteiger charge is -2.18. The van der Waals surface area contributed by atoms with Gasteiger partial charge in [-0.05, 0) is 57.3 Å². The first kappa shape index (κ1) is 20.2. The number of anilines is 1. The molecule has 7 heteroatoms. The first-order chi connectivity index (χ1) is 12.5. The quantitative estimate of drug-likeness (QED) is 0.548. The molecule has 0 saturated heterocycles. The van der Waals surface area contributed by atoms with E-state index in [1.165, 1.54) is 0 Å². The van der Waals surface area contributed by atoms with Crippen molar-refractivity contribution in [2.45, 2.75) is 27.2 Å². The number of rotatable bonds is 8. The predicted octanol–water partition coefficient (Wildman–Crippen LogP) is 2.50. The second kappa shape index (κ2) is 9.54. The van der Waals surface area contributed by atoms with Crippen molar-refractivity contribution in [1.82, 2.24) is 19.6 Å². The normalized spacial score (nSPS) is 11.0. The zero-order valence-corrected chi connectivity index (χ0v) is 16.9. The van der Waals surface area contributed by atoms with Crippen LogP contribution in [0.5, 0.6) is 0 Å². The molecule has 6 nitrogen and oxygen atoms in total. The fourth-order valence-corrected chi connectivity index (χ4v) is 3.12. The average Bonchev–Trinajstić information content (AvgIpc) is 2.86. The Morgan fingerprint density at radius 1 is 1.19 bits per heavy atom. The summed E-state index contributed by atoms with van der Waals surface area (Å²) in [6.45, 7) is 10.2. The largest absolute Gasteiger partial charge is 0.362 e. The van der Waals surface area contributed by atoms with Crippen molar-refractivity contribution in [1.29, 1.82) is 0 Å². The van der Waals surface area contributed by atoms with E-state index in [1.54, 1.807) is 4.68 Å². The van der Waals surface area contributed by atoms with Gasteiger partial charge in [-0.25, -0.2) is 4.68 Å². The monoisotopic (exact) mass is 375 g/mol. The van der Waals surface area contributed by atoms with Crippen molar-refractivity contribution in [3.8, 4) is 5.69 Å². The van der Waals surface area contributed by atoms with Crippen LogP contribution in [-0.4, -0.2) is 45.6 Å². The Hall–Kier alpha value is -2.12. The highest BCUT2D eigenvalue weighted by Gasteiger charge is 2.16. The van der Waals surface area contributed by atoms with Gasteiger partial charge in [0.15, 0.2) is 5.11 Å². The molecule has 0 spiro atoms. The Labute approximate surface area is 160 Å². The molecule has 0 bridgehead atoms. The maximum atomic E-state index is 12.8. The number of nitrogens with zero attached hydrogens (tertiary/aromatic N) is 3. The SMILES string of the molecule is CCN(CC)CCCNC(=S)Nc1c(C)n(C)n(-c2ccccc2)c1=O. The second-order valence-electron chi connectivity index (χ2n) is 6.20. The Bertz CT molecular complexity index is 777. The summed E-state index contributed by atoms with van der Waals surface area (Å²) in [5.41, 5.74) is 2.07. The summed E-state index contributed by atoms with van der Waals surface area (Å²) in [6, 6.07) is 9.59. The molecule has 0 aliphatic carbocycles. The van der Waals surface area contributed by atoms with Gasteiger partial charge in [0.2, 0.25) is 0 Å². The van der Waals surface area contributed by atoms with E-state index in [-0.39, 0.29) is 5.56 Å².